The Morgan fingerprint density at radius 1 is 1.55 bits per heavy atom. The normalized spacial score (nSPS) is 19.2. The summed E-state index contributed by atoms with van der Waals surface area (Å²) in [4.78, 5) is 23.4. The largest absolute Gasteiger partial charge is 0.282 e. The van der Waals surface area contributed by atoms with Gasteiger partial charge >= 0.3 is 0 Å². The van der Waals surface area contributed by atoms with E-state index in [1.807, 2.05) is 0 Å². The Hall–Kier alpha value is -0.380. The van der Waals surface area contributed by atoms with E-state index in [-0.39, 0.29) is 11.8 Å². The first-order chi connectivity index (χ1) is 5.25. The highest BCUT2D eigenvalue weighted by atomic mass is 79.9. The number of alkyl halides is 1. The number of imide groups is 1. The van der Waals surface area contributed by atoms with Crippen LogP contribution in [0.4, 0.5) is 0 Å². The molecule has 1 radical (unpaired) electrons. The molecule has 2 amide bonds. The average Bonchev–Trinajstić information content (AvgIpc) is 1.97. The van der Waals surface area contributed by atoms with Crippen molar-refractivity contribution in [1.82, 2.24) is 4.90 Å². The third-order valence-corrected chi connectivity index (χ3v) is 1.91. The predicted octanol–water partition coefficient (Wildman–Crippen LogP) is 0.735. The number of halogens is 1. The molecule has 11 heavy (non-hydrogen) atoms. The second-order valence-electron chi connectivity index (χ2n) is 2.32. The van der Waals surface area contributed by atoms with Crippen molar-refractivity contribution >= 4 is 27.7 Å². The molecule has 0 spiro atoms. The van der Waals surface area contributed by atoms with Gasteiger partial charge in [-0.1, -0.05) is 15.9 Å². The van der Waals surface area contributed by atoms with Crippen LogP contribution >= 0.6 is 15.9 Å². The van der Waals surface area contributed by atoms with Crippen LogP contribution in [0.2, 0.25) is 0 Å². The standard InChI is InChI=1S/C7H9BrNO2/c8-4-5-9-6(10)2-1-3-7(9)11/h2H,1,3-5H2. The molecule has 0 saturated carbocycles. The van der Waals surface area contributed by atoms with Crippen LogP contribution in [-0.4, -0.2) is 28.6 Å². The number of carbonyl (C=O) groups excluding carboxylic acids is 2. The number of piperidine rings is 1. The average molecular weight is 219 g/mol. The van der Waals surface area contributed by atoms with Crippen molar-refractivity contribution in [3.05, 3.63) is 6.42 Å². The number of rotatable bonds is 2. The van der Waals surface area contributed by atoms with E-state index in [0.717, 1.165) is 0 Å². The van der Waals surface area contributed by atoms with Crippen LogP contribution < -0.4 is 0 Å². The zero-order valence-electron chi connectivity index (χ0n) is 6.05. The second kappa shape index (κ2) is 3.85. The van der Waals surface area contributed by atoms with Crippen LogP contribution in [0.3, 0.4) is 0 Å². The molecule has 0 unspecified atom stereocenters. The Morgan fingerprint density at radius 3 is 2.82 bits per heavy atom. The van der Waals surface area contributed by atoms with Gasteiger partial charge in [-0.15, -0.1) is 0 Å². The highest BCUT2D eigenvalue weighted by Gasteiger charge is 2.24. The van der Waals surface area contributed by atoms with Gasteiger partial charge in [0.2, 0.25) is 11.8 Å². The van der Waals surface area contributed by atoms with Crippen molar-refractivity contribution in [1.29, 1.82) is 0 Å². The molecular weight excluding hydrogens is 210 g/mol. The lowest BCUT2D eigenvalue weighted by molar-refractivity contribution is -0.144. The summed E-state index contributed by atoms with van der Waals surface area (Å²) in [5, 5.41) is 0.651. The minimum Gasteiger partial charge on any atom is -0.282 e. The molecule has 61 valence electrons. The third kappa shape index (κ3) is 2.02. The molecule has 1 aliphatic heterocycles. The molecule has 1 fully saturated rings. The van der Waals surface area contributed by atoms with Crippen LogP contribution in [0.15, 0.2) is 0 Å². The fourth-order valence-electron chi connectivity index (χ4n) is 1.01. The number of hydrogen-bond acceptors (Lipinski definition) is 2. The summed E-state index contributed by atoms with van der Waals surface area (Å²) in [5.74, 6) is -0.211. The first-order valence-corrected chi connectivity index (χ1v) is 4.61. The molecule has 0 aliphatic carbocycles. The summed E-state index contributed by atoms with van der Waals surface area (Å²) in [6.45, 7) is 0.480. The van der Waals surface area contributed by atoms with Gasteiger partial charge in [0.1, 0.15) is 0 Å². The smallest absolute Gasteiger partial charge is 0.233 e. The van der Waals surface area contributed by atoms with E-state index in [9.17, 15) is 9.59 Å². The minimum absolute atomic E-state index is 0.0584. The highest BCUT2D eigenvalue weighted by molar-refractivity contribution is 9.09. The maximum Gasteiger partial charge on any atom is 0.233 e. The summed E-state index contributed by atoms with van der Waals surface area (Å²) in [7, 11) is 0. The lowest BCUT2D eigenvalue weighted by Gasteiger charge is -2.23. The molecule has 1 saturated heterocycles. The maximum atomic E-state index is 11.1. The van der Waals surface area contributed by atoms with Gasteiger partial charge in [-0.2, -0.15) is 0 Å². The van der Waals surface area contributed by atoms with Crippen LogP contribution in [0, 0.1) is 6.42 Å². The zero-order chi connectivity index (χ0) is 8.27. The first-order valence-electron chi connectivity index (χ1n) is 3.49. The van der Waals surface area contributed by atoms with Gasteiger partial charge in [0.15, 0.2) is 0 Å². The number of amides is 2. The Kier molecular flexibility index (Phi) is 3.05. The molecule has 1 aliphatic rings. The van der Waals surface area contributed by atoms with E-state index >= 15 is 0 Å². The zero-order valence-corrected chi connectivity index (χ0v) is 7.63. The molecule has 0 aromatic rings. The van der Waals surface area contributed by atoms with Gasteiger partial charge < -0.3 is 0 Å². The fraction of sp³-hybridized carbons (Fsp3) is 0.571. The summed E-state index contributed by atoms with van der Waals surface area (Å²) in [6.07, 6.45) is 2.62. The van der Waals surface area contributed by atoms with E-state index in [4.69, 9.17) is 0 Å². The lowest BCUT2D eigenvalue weighted by atomic mass is 10.1. The quantitative estimate of drug-likeness (QED) is 0.507. The molecule has 4 heteroatoms. The first kappa shape index (κ1) is 8.71. The number of likely N-dealkylation sites (tertiary alicyclic amines) is 1. The molecule has 0 N–H and O–H groups in total. The molecule has 0 aromatic heterocycles. The number of carbonyl (C=O) groups is 2. The SMILES string of the molecule is O=C1[CH]CCC(=O)N1CCBr. The van der Waals surface area contributed by atoms with Gasteiger partial charge in [0.25, 0.3) is 0 Å². The topological polar surface area (TPSA) is 37.4 Å². The molecule has 0 aromatic carbocycles. The van der Waals surface area contributed by atoms with Crippen LogP contribution in [0.5, 0.6) is 0 Å². The van der Waals surface area contributed by atoms with Crippen molar-refractivity contribution in [2.45, 2.75) is 12.8 Å². The van der Waals surface area contributed by atoms with Crippen molar-refractivity contribution in [3.8, 4) is 0 Å². The summed E-state index contributed by atoms with van der Waals surface area (Å²) >= 11 is 3.18. The van der Waals surface area contributed by atoms with Crippen molar-refractivity contribution in [2.24, 2.45) is 0 Å². The van der Waals surface area contributed by atoms with Gasteiger partial charge in [-0.05, 0) is 6.42 Å². The molecule has 0 atom stereocenters. The number of hydrogen-bond donors (Lipinski definition) is 0. The van der Waals surface area contributed by atoms with E-state index in [1.54, 1.807) is 6.42 Å². The summed E-state index contributed by atoms with van der Waals surface area (Å²) < 4.78 is 0. The Balaban J connectivity index is 2.55. The molecule has 3 nitrogen and oxygen atoms in total. The van der Waals surface area contributed by atoms with Crippen molar-refractivity contribution < 1.29 is 9.59 Å². The Morgan fingerprint density at radius 2 is 2.27 bits per heavy atom. The van der Waals surface area contributed by atoms with Crippen LogP contribution in [0.1, 0.15) is 12.8 Å². The van der Waals surface area contributed by atoms with Gasteiger partial charge in [0.05, 0.1) is 6.42 Å². The van der Waals surface area contributed by atoms with Crippen molar-refractivity contribution in [3.63, 3.8) is 0 Å². The van der Waals surface area contributed by atoms with Crippen LogP contribution in [0.25, 0.3) is 0 Å². The Bertz CT molecular complexity index is 165. The van der Waals surface area contributed by atoms with E-state index in [2.05, 4.69) is 15.9 Å². The lowest BCUT2D eigenvalue weighted by Crippen LogP contribution is -2.41. The fourth-order valence-corrected chi connectivity index (χ4v) is 1.36. The second-order valence-corrected chi connectivity index (χ2v) is 3.11. The van der Waals surface area contributed by atoms with E-state index in [1.165, 1.54) is 4.90 Å². The van der Waals surface area contributed by atoms with E-state index in [0.29, 0.717) is 24.7 Å². The predicted molar refractivity (Wildman–Crippen MR) is 44.0 cm³/mol. The summed E-state index contributed by atoms with van der Waals surface area (Å²) in [5.41, 5.74) is 0. The number of nitrogens with zero attached hydrogens (tertiary/aromatic N) is 1. The molecular formula is C7H9BrNO2. The maximum absolute atomic E-state index is 11.1. The van der Waals surface area contributed by atoms with Crippen LogP contribution in [-0.2, 0) is 9.59 Å². The van der Waals surface area contributed by atoms with Gasteiger partial charge in [-0.25, -0.2) is 0 Å². The highest BCUT2D eigenvalue weighted by Crippen LogP contribution is 2.10. The molecule has 1 rings (SSSR count). The van der Waals surface area contributed by atoms with Gasteiger partial charge in [-0.3, -0.25) is 14.5 Å². The van der Waals surface area contributed by atoms with Gasteiger partial charge in [0, 0.05) is 18.3 Å². The third-order valence-electron chi connectivity index (χ3n) is 1.55. The molecule has 1 heterocycles. The summed E-state index contributed by atoms with van der Waals surface area (Å²) in [6, 6.07) is 0. The minimum atomic E-state index is -0.152. The van der Waals surface area contributed by atoms with E-state index < -0.39 is 0 Å². The Labute approximate surface area is 73.9 Å². The monoisotopic (exact) mass is 218 g/mol. The molecule has 0 bridgehead atoms. The van der Waals surface area contributed by atoms with Crippen molar-refractivity contribution in [2.75, 3.05) is 11.9 Å².